The van der Waals surface area contributed by atoms with Gasteiger partial charge >= 0.3 is 0 Å². The van der Waals surface area contributed by atoms with Gasteiger partial charge in [0, 0.05) is 6.04 Å². The topological polar surface area (TPSA) is 55.1 Å². The monoisotopic (exact) mass is 256 g/mol. The van der Waals surface area contributed by atoms with Gasteiger partial charge in [-0.2, -0.15) is 0 Å². The van der Waals surface area contributed by atoms with Gasteiger partial charge in [-0.1, -0.05) is 37.3 Å². The van der Waals surface area contributed by atoms with E-state index in [1.54, 1.807) is 6.92 Å². The Labute approximate surface area is 109 Å². The zero-order chi connectivity index (χ0) is 12.0. The third-order valence-electron chi connectivity index (χ3n) is 2.58. The number of carbonyl (C=O) groups excluding carboxylic acids is 1. The van der Waals surface area contributed by atoms with Crippen LogP contribution in [0.3, 0.4) is 0 Å². The maximum atomic E-state index is 11.5. The number of rotatable bonds is 5. The van der Waals surface area contributed by atoms with Crippen molar-refractivity contribution in [3.8, 4) is 0 Å². The van der Waals surface area contributed by atoms with Crippen molar-refractivity contribution >= 4 is 18.3 Å². The molecule has 1 rings (SSSR count). The summed E-state index contributed by atoms with van der Waals surface area (Å²) in [5.74, 6) is -0.0808. The van der Waals surface area contributed by atoms with Crippen LogP contribution in [0.2, 0.25) is 0 Å². The maximum Gasteiger partial charge on any atom is 0.236 e. The Balaban J connectivity index is 0.00000256. The van der Waals surface area contributed by atoms with Crippen LogP contribution >= 0.6 is 12.4 Å². The van der Waals surface area contributed by atoms with Gasteiger partial charge in [-0.05, 0) is 25.3 Å². The molecule has 0 spiro atoms. The van der Waals surface area contributed by atoms with Crippen LogP contribution in [-0.2, 0) is 11.2 Å². The molecular weight excluding hydrogens is 236 g/mol. The lowest BCUT2D eigenvalue weighted by Crippen LogP contribution is -2.44. The van der Waals surface area contributed by atoms with Gasteiger partial charge in [0.2, 0.25) is 5.91 Å². The SMILES string of the molecule is CCC(Cc1ccccc1)NC(=O)[C@H](C)N.Cl. The molecule has 4 heteroatoms. The first-order valence-corrected chi connectivity index (χ1v) is 5.73. The molecule has 0 saturated heterocycles. The van der Waals surface area contributed by atoms with Crippen LogP contribution in [-0.4, -0.2) is 18.0 Å². The second-order valence-electron chi connectivity index (χ2n) is 4.09. The fourth-order valence-electron chi connectivity index (χ4n) is 1.53. The Morgan fingerprint density at radius 2 is 1.94 bits per heavy atom. The average molecular weight is 257 g/mol. The van der Waals surface area contributed by atoms with Crippen LogP contribution in [0.1, 0.15) is 25.8 Å². The Morgan fingerprint density at radius 3 is 2.41 bits per heavy atom. The van der Waals surface area contributed by atoms with Crippen LogP contribution in [0.25, 0.3) is 0 Å². The average Bonchev–Trinajstić information content (AvgIpc) is 2.29. The number of nitrogens with two attached hydrogens (primary N) is 1. The van der Waals surface area contributed by atoms with E-state index in [0.29, 0.717) is 0 Å². The number of halogens is 1. The molecule has 1 aromatic carbocycles. The summed E-state index contributed by atoms with van der Waals surface area (Å²) in [7, 11) is 0. The minimum Gasteiger partial charge on any atom is -0.352 e. The Morgan fingerprint density at radius 1 is 1.35 bits per heavy atom. The minimum absolute atomic E-state index is 0. The quantitative estimate of drug-likeness (QED) is 0.845. The number of benzene rings is 1. The zero-order valence-electron chi connectivity index (χ0n) is 10.3. The van der Waals surface area contributed by atoms with Gasteiger partial charge in [-0.25, -0.2) is 0 Å². The molecule has 17 heavy (non-hydrogen) atoms. The van der Waals surface area contributed by atoms with E-state index in [0.717, 1.165) is 12.8 Å². The Kier molecular flexibility index (Phi) is 7.59. The largest absolute Gasteiger partial charge is 0.352 e. The van der Waals surface area contributed by atoms with Gasteiger partial charge in [-0.3, -0.25) is 4.79 Å². The highest BCUT2D eigenvalue weighted by molar-refractivity contribution is 5.85. The number of amides is 1. The molecule has 2 atom stereocenters. The molecule has 0 radical (unpaired) electrons. The van der Waals surface area contributed by atoms with Crippen molar-refractivity contribution in [2.24, 2.45) is 5.73 Å². The van der Waals surface area contributed by atoms with Crippen LogP contribution in [0.5, 0.6) is 0 Å². The number of nitrogens with one attached hydrogen (secondary N) is 1. The molecule has 96 valence electrons. The molecule has 0 heterocycles. The molecule has 0 bridgehead atoms. The van der Waals surface area contributed by atoms with Crippen molar-refractivity contribution in [1.82, 2.24) is 5.32 Å². The fraction of sp³-hybridized carbons (Fsp3) is 0.462. The highest BCUT2D eigenvalue weighted by Gasteiger charge is 2.13. The third-order valence-corrected chi connectivity index (χ3v) is 2.58. The van der Waals surface area contributed by atoms with Crippen LogP contribution < -0.4 is 11.1 Å². The van der Waals surface area contributed by atoms with Gasteiger partial charge in [0.05, 0.1) is 6.04 Å². The van der Waals surface area contributed by atoms with Gasteiger partial charge < -0.3 is 11.1 Å². The van der Waals surface area contributed by atoms with E-state index in [1.165, 1.54) is 5.56 Å². The minimum atomic E-state index is -0.440. The molecule has 1 aromatic rings. The molecule has 0 aliphatic carbocycles. The molecule has 0 aliphatic rings. The lowest BCUT2D eigenvalue weighted by atomic mass is 10.0. The first kappa shape index (κ1) is 15.9. The first-order valence-electron chi connectivity index (χ1n) is 5.73. The molecule has 1 amide bonds. The second kappa shape index (κ2) is 8.09. The summed E-state index contributed by atoms with van der Waals surface area (Å²) < 4.78 is 0. The van der Waals surface area contributed by atoms with E-state index in [4.69, 9.17) is 5.73 Å². The highest BCUT2D eigenvalue weighted by Crippen LogP contribution is 2.05. The smallest absolute Gasteiger partial charge is 0.236 e. The lowest BCUT2D eigenvalue weighted by Gasteiger charge is -2.18. The summed E-state index contributed by atoms with van der Waals surface area (Å²) in [4.78, 5) is 11.5. The number of hydrogen-bond acceptors (Lipinski definition) is 2. The predicted octanol–water partition coefficient (Wildman–Crippen LogP) is 1.89. The highest BCUT2D eigenvalue weighted by atomic mass is 35.5. The van der Waals surface area contributed by atoms with Gasteiger partial charge in [0.15, 0.2) is 0 Å². The van der Waals surface area contributed by atoms with Crippen molar-refractivity contribution in [3.05, 3.63) is 35.9 Å². The van der Waals surface area contributed by atoms with E-state index >= 15 is 0 Å². The van der Waals surface area contributed by atoms with Crippen molar-refractivity contribution in [2.75, 3.05) is 0 Å². The Hall–Kier alpha value is -1.06. The third kappa shape index (κ3) is 5.71. The van der Waals surface area contributed by atoms with E-state index in [1.807, 2.05) is 18.2 Å². The van der Waals surface area contributed by atoms with Crippen molar-refractivity contribution in [2.45, 2.75) is 38.8 Å². The summed E-state index contributed by atoms with van der Waals surface area (Å²) in [6.07, 6.45) is 1.77. The molecule has 0 saturated carbocycles. The van der Waals surface area contributed by atoms with E-state index in [-0.39, 0.29) is 24.4 Å². The summed E-state index contributed by atoms with van der Waals surface area (Å²) in [5, 5.41) is 2.95. The summed E-state index contributed by atoms with van der Waals surface area (Å²) in [6, 6.07) is 9.88. The van der Waals surface area contributed by atoms with Gasteiger partial charge in [0.1, 0.15) is 0 Å². The number of hydrogen-bond donors (Lipinski definition) is 2. The zero-order valence-corrected chi connectivity index (χ0v) is 11.2. The van der Waals surface area contributed by atoms with Crippen molar-refractivity contribution < 1.29 is 4.79 Å². The summed E-state index contributed by atoms with van der Waals surface area (Å²) >= 11 is 0. The molecule has 0 aliphatic heterocycles. The molecular formula is C13H21ClN2O. The normalized spacial score (nSPS) is 13.4. The van der Waals surface area contributed by atoms with Crippen molar-refractivity contribution in [1.29, 1.82) is 0 Å². The first-order chi connectivity index (χ1) is 7.63. The van der Waals surface area contributed by atoms with Crippen LogP contribution in [0.15, 0.2) is 30.3 Å². The predicted molar refractivity (Wildman–Crippen MR) is 73.3 cm³/mol. The molecule has 0 aromatic heterocycles. The van der Waals surface area contributed by atoms with Gasteiger partial charge in [-0.15, -0.1) is 12.4 Å². The van der Waals surface area contributed by atoms with Crippen LogP contribution in [0, 0.1) is 0 Å². The number of carbonyl (C=O) groups is 1. The molecule has 1 unspecified atom stereocenters. The van der Waals surface area contributed by atoms with Crippen LogP contribution in [0.4, 0.5) is 0 Å². The Bertz CT molecular complexity index is 327. The summed E-state index contributed by atoms with van der Waals surface area (Å²) in [6.45, 7) is 3.76. The molecule has 3 nitrogen and oxygen atoms in total. The second-order valence-corrected chi connectivity index (χ2v) is 4.09. The fourth-order valence-corrected chi connectivity index (χ4v) is 1.53. The van der Waals surface area contributed by atoms with E-state index < -0.39 is 6.04 Å². The van der Waals surface area contributed by atoms with Crippen molar-refractivity contribution in [3.63, 3.8) is 0 Å². The van der Waals surface area contributed by atoms with Gasteiger partial charge in [0.25, 0.3) is 0 Å². The standard InChI is InChI=1S/C13H20N2O.ClH/c1-3-12(15-13(16)10(2)14)9-11-7-5-4-6-8-11;/h4-8,10,12H,3,9,14H2,1-2H3,(H,15,16);1H/t10-,12?;/m0./s1. The van der Waals surface area contributed by atoms with E-state index in [9.17, 15) is 4.79 Å². The maximum absolute atomic E-state index is 11.5. The lowest BCUT2D eigenvalue weighted by molar-refractivity contribution is -0.122. The molecule has 0 fully saturated rings. The molecule has 3 N–H and O–H groups in total. The summed E-state index contributed by atoms with van der Waals surface area (Å²) in [5.41, 5.74) is 6.76. The van der Waals surface area contributed by atoms with E-state index in [2.05, 4.69) is 24.4 Å².